The highest BCUT2D eigenvalue weighted by atomic mass is 16.5. The molecule has 7 nitrogen and oxygen atoms in total. The number of fused-ring (bicyclic) bond motifs is 2. The first kappa shape index (κ1) is 22.8. The molecule has 0 saturated carbocycles. The highest BCUT2D eigenvalue weighted by molar-refractivity contribution is 6.04. The number of rotatable bonds is 4. The minimum absolute atomic E-state index is 0.0330. The minimum Gasteiger partial charge on any atom is -0.497 e. The third-order valence-corrected chi connectivity index (χ3v) is 6.51. The maximum absolute atomic E-state index is 13.1. The molecular weight excluding hydrogens is 442 g/mol. The Kier molecular flexibility index (Phi) is 6.31. The number of amides is 1. The van der Waals surface area contributed by atoms with Crippen molar-refractivity contribution in [3.63, 3.8) is 0 Å². The van der Waals surface area contributed by atoms with Crippen molar-refractivity contribution >= 4 is 17.4 Å². The lowest BCUT2D eigenvalue weighted by atomic mass is 10.1. The molecule has 1 unspecified atom stereocenters. The lowest BCUT2D eigenvalue weighted by molar-refractivity contribution is -0.134. The van der Waals surface area contributed by atoms with Gasteiger partial charge in [0.05, 0.1) is 26.2 Å². The van der Waals surface area contributed by atoms with Gasteiger partial charge >= 0.3 is 0 Å². The number of hydrogen-bond acceptors (Lipinski definition) is 6. The van der Waals surface area contributed by atoms with E-state index in [4.69, 9.17) is 19.2 Å². The van der Waals surface area contributed by atoms with Gasteiger partial charge in [0.2, 0.25) is 5.91 Å². The second-order valence-corrected chi connectivity index (χ2v) is 8.75. The van der Waals surface area contributed by atoms with E-state index in [1.807, 2.05) is 71.6 Å². The van der Waals surface area contributed by atoms with E-state index in [0.717, 1.165) is 28.4 Å². The molecule has 3 aromatic rings. The van der Waals surface area contributed by atoms with Crippen LogP contribution in [-0.2, 0) is 11.2 Å². The molecule has 1 amide bonds. The first-order valence-electron chi connectivity index (χ1n) is 11.8. The lowest BCUT2D eigenvalue weighted by Gasteiger charge is -2.41. The molecule has 0 spiro atoms. The van der Waals surface area contributed by atoms with Gasteiger partial charge in [-0.1, -0.05) is 30.3 Å². The summed E-state index contributed by atoms with van der Waals surface area (Å²) >= 11 is 0. The Morgan fingerprint density at radius 2 is 1.80 bits per heavy atom. The summed E-state index contributed by atoms with van der Waals surface area (Å²) in [6.45, 7) is 4.06. The Labute approximate surface area is 205 Å². The van der Waals surface area contributed by atoms with E-state index in [9.17, 15) is 4.79 Å². The molecule has 0 N–H and O–H groups in total. The molecular formula is C28H29N3O4. The first-order valence-corrected chi connectivity index (χ1v) is 11.8. The van der Waals surface area contributed by atoms with E-state index < -0.39 is 0 Å². The average molecular weight is 472 g/mol. The lowest BCUT2D eigenvalue weighted by Crippen LogP contribution is -2.55. The number of aliphatic imine (C=N–C) groups is 1. The number of para-hydroxylation sites is 3. The van der Waals surface area contributed by atoms with Crippen LogP contribution >= 0.6 is 0 Å². The number of piperazine rings is 1. The second-order valence-electron chi connectivity index (χ2n) is 8.75. The molecule has 2 aliphatic heterocycles. The van der Waals surface area contributed by atoms with Crippen LogP contribution in [0.5, 0.6) is 23.0 Å². The van der Waals surface area contributed by atoms with Gasteiger partial charge in [-0.25, -0.2) is 4.99 Å². The fourth-order valence-corrected chi connectivity index (χ4v) is 4.66. The molecule has 3 aromatic carbocycles. The van der Waals surface area contributed by atoms with E-state index in [2.05, 4.69) is 11.8 Å². The van der Waals surface area contributed by atoms with Crippen molar-refractivity contribution in [1.82, 2.24) is 9.80 Å². The third-order valence-electron chi connectivity index (χ3n) is 6.51. The maximum Gasteiger partial charge on any atom is 0.227 e. The zero-order valence-corrected chi connectivity index (χ0v) is 20.2. The molecule has 180 valence electrons. The van der Waals surface area contributed by atoms with E-state index in [1.54, 1.807) is 14.2 Å². The van der Waals surface area contributed by atoms with Gasteiger partial charge in [0.1, 0.15) is 17.3 Å². The van der Waals surface area contributed by atoms with Gasteiger partial charge in [0.15, 0.2) is 17.2 Å². The van der Waals surface area contributed by atoms with E-state index in [1.165, 1.54) is 0 Å². The molecule has 0 radical (unpaired) electrons. The monoisotopic (exact) mass is 471 g/mol. The van der Waals surface area contributed by atoms with Crippen LogP contribution in [0.25, 0.3) is 0 Å². The van der Waals surface area contributed by atoms with Crippen molar-refractivity contribution in [2.75, 3.05) is 33.9 Å². The predicted molar refractivity (Wildman–Crippen MR) is 135 cm³/mol. The van der Waals surface area contributed by atoms with Crippen molar-refractivity contribution in [1.29, 1.82) is 0 Å². The number of carbonyl (C=O) groups excluding carboxylic acids is 1. The van der Waals surface area contributed by atoms with Gasteiger partial charge in [-0.05, 0) is 48.9 Å². The third kappa shape index (κ3) is 4.54. The van der Waals surface area contributed by atoms with Crippen LogP contribution in [0.3, 0.4) is 0 Å². The van der Waals surface area contributed by atoms with E-state index in [0.29, 0.717) is 43.3 Å². The molecule has 2 heterocycles. The Morgan fingerprint density at radius 3 is 2.54 bits per heavy atom. The summed E-state index contributed by atoms with van der Waals surface area (Å²) in [5, 5.41) is 0. The average Bonchev–Trinajstić information content (AvgIpc) is 3.05. The first-order chi connectivity index (χ1) is 17.1. The number of amidine groups is 1. The molecule has 35 heavy (non-hydrogen) atoms. The smallest absolute Gasteiger partial charge is 0.227 e. The highest BCUT2D eigenvalue weighted by Gasteiger charge is 2.32. The van der Waals surface area contributed by atoms with Gasteiger partial charge in [-0.15, -0.1) is 0 Å². The van der Waals surface area contributed by atoms with Crippen LogP contribution in [0.2, 0.25) is 0 Å². The standard InChI is InChI=1S/C28H29N3O4/c1-19-18-30(15-16-31(19)26(32)17-20-11-13-21(33-2)14-12-20)28-22-7-6-10-25(34-3)27(22)35-24-9-5-4-8-23(24)29-28/h4-14,19H,15-18H2,1-3H3. The van der Waals surface area contributed by atoms with Crippen LogP contribution in [-0.4, -0.2) is 61.4 Å². The number of benzene rings is 3. The molecule has 2 aliphatic rings. The molecule has 7 heteroatoms. The summed E-state index contributed by atoms with van der Waals surface area (Å²) in [4.78, 5) is 22.3. The second kappa shape index (κ2) is 9.70. The normalized spacial score (nSPS) is 16.9. The van der Waals surface area contributed by atoms with Gasteiger partial charge in [-0.3, -0.25) is 4.79 Å². The zero-order valence-electron chi connectivity index (χ0n) is 20.2. The fourth-order valence-electron chi connectivity index (χ4n) is 4.66. The Morgan fingerprint density at radius 1 is 1.00 bits per heavy atom. The number of nitrogens with zero attached hydrogens (tertiary/aromatic N) is 3. The molecule has 0 aliphatic carbocycles. The van der Waals surface area contributed by atoms with Gasteiger partial charge in [-0.2, -0.15) is 0 Å². The van der Waals surface area contributed by atoms with Crippen LogP contribution in [0.4, 0.5) is 5.69 Å². The fraction of sp³-hybridized carbons (Fsp3) is 0.286. The predicted octanol–water partition coefficient (Wildman–Crippen LogP) is 4.66. The van der Waals surface area contributed by atoms with Crippen LogP contribution < -0.4 is 14.2 Å². The maximum atomic E-state index is 13.1. The van der Waals surface area contributed by atoms with Crippen LogP contribution in [0.1, 0.15) is 18.1 Å². The van der Waals surface area contributed by atoms with Crippen molar-refractivity contribution in [2.24, 2.45) is 4.99 Å². The minimum atomic E-state index is 0.0330. The van der Waals surface area contributed by atoms with Crippen LogP contribution in [0, 0.1) is 0 Å². The Hall–Kier alpha value is -4.00. The summed E-state index contributed by atoms with van der Waals surface area (Å²) in [6.07, 6.45) is 0.372. The van der Waals surface area contributed by atoms with Crippen molar-refractivity contribution in [2.45, 2.75) is 19.4 Å². The number of hydrogen-bond donors (Lipinski definition) is 0. The van der Waals surface area contributed by atoms with Crippen molar-refractivity contribution in [3.8, 4) is 23.0 Å². The molecule has 0 aromatic heterocycles. The summed E-state index contributed by atoms with van der Waals surface area (Å²) in [5.41, 5.74) is 2.63. The van der Waals surface area contributed by atoms with Crippen molar-refractivity contribution in [3.05, 3.63) is 77.9 Å². The molecule has 1 atom stereocenters. The topological polar surface area (TPSA) is 63.6 Å². The number of carbonyl (C=O) groups is 1. The SMILES string of the molecule is COc1ccc(CC(=O)N2CCN(C3=Nc4ccccc4Oc4c(OC)cccc43)CC2C)cc1. The molecule has 1 saturated heterocycles. The summed E-state index contributed by atoms with van der Waals surface area (Å²) in [7, 11) is 3.28. The summed E-state index contributed by atoms with van der Waals surface area (Å²) < 4.78 is 17.1. The number of methoxy groups -OCH3 is 2. The highest BCUT2D eigenvalue weighted by Crippen LogP contribution is 2.42. The molecule has 0 bridgehead atoms. The number of ether oxygens (including phenoxy) is 3. The summed E-state index contributed by atoms with van der Waals surface area (Å²) in [5.74, 6) is 3.75. The van der Waals surface area contributed by atoms with Gasteiger partial charge < -0.3 is 24.0 Å². The van der Waals surface area contributed by atoms with Gasteiger partial charge in [0.25, 0.3) is 0 Å². The van der Waals surface area contributed by atoms with Crippen LogP contribution in [0.15, 0.2) is 71.7 Å². The van der Waals surface area contributed by atoms with Gasteiger partial charge in [0, 0.05) is 25.7 Å². The van der Waals surface area contributed by atoms with Crippen molar-refractivity contribution < 1.29 is 19.0 Å². The quantitative estimate of drug-likeness (QED) is 0.554. The Balaban J connectivity index is 1.38. The van der Waals surface area contributed by atoms with E-state index >= 15 is 0 Å². The summed E-state index contributed by atoms with van der Waals surface area (Å²) in [6, 6.07) is 21.3. The van der Waals surface area contributed by atoms with E-state index in [-0.39, 0.29) is 11.9 Å². The molecule has 1 fully saturated rings. The largest absolute Gasteiger partial charge is 0.497 e. The Bertz CT molecular complexity index is 1260. The molecule has 5 rings (SSSR count). The zero-order chi connectivity index (χ0) is 24.4.